The summed E-state index contributed by atoms with van der Waals surface area (Å²) < 4.78 is 36.0. The van der Waals surface area contributed by atoms with Crippen molar-refractivity contribution in [3.8, 4) is 11.3 Å². The van der Waals surface area contributed by atoms with E-state index in [9.17, 15) is 0 Å². The Bertz CT molecular complexity index is 1070. The summed E-state index contributed by atoms with van der Waals surface area (Å²) in [4.78, 5) is 8.45. The molecule has 3 nitrogen and oxygen atoms in total. The average molecular weight is 264 g/mol. The van der Waals surface area contributed by atoms with Crippen molar-refractivity contribution in [3.63, 3.8) is 0 Å². The van der Waals surface area contributed by atoms with Gasteiger partial charge in [-0.25, -0.2) is 4.98 Å². The van der Waals surface area contributed by atoms with Gasteiger partial charge in [0.05, 0.1) is 7.06 Å². The molecule has 0 radical (unpaired) electrons. The van der Waals surface area contributed by atoms with E-state index in [1.807, 2.05) is 18.2 Å². The molecule has 3 aromatic heterocycles. The number of nitrogens with zero attached hydrogens (tertiary/aromatic N) is 2. The zero-order valence-electron chi connectivity index (χ0n) is 14.4. The Balaban J connectivity index is 2.00. The molecule has 0 atom stereocenters. The number of benzene rings is 1. The Kier molecular flexibility index (Phi) is 1.62. The first kappa shape index (κ1) is 7.80. The molecule has 3 heteroatoms. The molecule has 0 aliphatic rings. The fourth-order valence-electron chi connectivity index (χ4n) is 2.35. The number of hydrogen-bond acceptors (Lipinski definition) is 3. The van der Waals surface area contributed by atoms with Crippen LogP contribution in [-0.4, -0.2) is 9.97 Å². The van der Waals surface area contributed by atoms with Gasteiger partial charge >= 0.3 is 0 Å². The lowest BCUT2D eigenvalue weighted by Gasteiger charge is -2.00. The fourth-order valence-corrected chi connectivity index (χ4v) is 2.35. The molecule has 1 aromatic carbocycles. The third-order valence-electron chi connectivity index (χ3n) is 3.24. The van der Waals surface area contributed by atoms with Crippen molar-refractivity contribution in [2.24, 2.45) is 0 Å². The molecule has 3 heterocycles. The zero-order chi connectivity index (χ0) is 16.9. The number of para-hydroxylation sites is 1. The Hall–Kier alpha value is -2.68. The van der Waals surface area contributed by atoms with E-state index in [1.165, 1.54) is 6.07 Å². The lowest BCUT2D eigenvalue weighted by molar-refractivity contribution is 0.653. The molecular weight excluding hydrogens is 248 g/mol. The van der Waals surface area contributed by atoms with Crippen LogP contribution in [0.4, 0.5) is 0 Å². The van der Waals surface area contributed by atoms with E-state index < -0.39 is 6.85 Å². The predicted molar refractivity (Wildman–Crippen MR) is 79.5 cm³/mol. The molecule has 0 amide bonds. The monoisotopic (exact) mass is 264 g/mol. The molecule has 4 aromatic rings. The second-order valence-corrected chi connectivity index (χ2v) is 4.47. The van der Waals surface area contributed by atoms with Gasteiger partial charge in [-0.05, 0) is 37.2 Å². The minimum absolute atomic E-state index is 0.00175. The van der Waals surface area contributed by atoms with Gasteiger partial charge in [-0.2, -0.15) is 0 Å². The quantitative estimate of drug-likeness (QED) is 0.513. The highest BCUT2D eigenvalue weighted by atomic mass is 16.3. The van der Waals surface area contributed by atoms with Crippen LogP contribution in [0.3, 0.4) is 0 Å². The first-order valence-electron chi connectivity index (χ1n) is 8.19. The van der Waals surface area contributed by atoms with Gasteiger partial charge in [-0.3, -0.25) is 4.98 Å². The van der Waals surface area contributed by atoms with Gasteiger partial charge in [-0.15, -0.1) is 0 Å². The van der Waals surface area contributed by atoms with Crippen LogP contribution in [0.25, 0.3) is 33.3 Å². The molecular formula is C17H12N2O. The van der Waals surface area contributed by atoms with E-state index in [0.29, 0.717) is 17.3 Å². The highest BCUT2D eigenvalue weighted by Crippen LogP contribution is 2.34. The van der Waals surface area contributed by atoms with Gasteiger partial charge < -0.3 is 4.42 Å². The third kappa shape index (κ3) is 1.60. The number of rotatable bonds is 1. The topological polar surface area (TPSA) is 38.9 Å². The summed E-state index contributed by atoms with van der Waals surface area (Å²) in [6.45, 7) is -2.28. The van der Waals surface area contributed by atoms with Crippen molar-refractivity contribution < 1.29 is 9.90 Å². The molecule has 0 N–H and O–H groups in total. The van der Waals surface area contributed by atoms with Crippen LogP contribution in [0.1, 0.15) is 11.2 Å². The fraction of sp³-hybridized carbons (Fsp3) is 0.0588. The molecule has 96 valence electrons. The van der Waals surface area contributed by atoms with Crippen LogP contribution in [0.5, 0.6) is 0 Å². The molecule has 0 saturated heterocycles. The Labute approximate surface area is 121 Å². The maximum Gasteiger partial charge on any atom is 0.227 e. The third-order valence-corrected chi connectivity index (χ3v) is 3.24. The summed E-state index contributed by atoms with van der Waals surface area (Å²) >= 11 is 0. The second-order valence-electron chi connectivity index (χ2n) is 4.47. The van der Waals surface area contributed by atoms with Crippen LogP contribution in [0.15, 0.2) is 59.1 Å². The molecule has 0 fully saturated rings. The van der Waals surface area contributed by atoms with Gasteiger partial charge in [0.1, 0.15) is 5.58 Å². The summed E-state index contributed by atoms with van der Waals surface area (Å²) in [6, 6.07) is 12.5. The van der Waals surface area contributed by atoms with Gasteiger partial charge in [0.15, 0.2) is 0 Å². The molecule has 0 saturated carbocycles. The second kappa shape index (κ2) is 4.17. The van der Waals surface area contributed by atoms with Crippen LogP contribution < -0.4 is 0 Å². The SMILES string of the molecule is [2H]c1ccnc(-c2cccc3c2oc2nc(C([2H])([2H])[2H])ccc23)c1. The molecule has 0 unspecified atom stereocenters. The standard InChI is InChI=1S/C17H12N2O/c1-11-8-9-13-12-5-4-6-14(15-7-2-3-10-18-15)16(12)20-17(13)19-11/h2-10H,1H3/i1D3,2D. The van der Waals surface area contributed by atoms with E-state index in [-0.39, 0.29) is 11.4 Å². The average Bonchev–Trinajstić information content (AvgIpc) is 2.91. The molecule has 4 rings (SSSR count). The van der Waals surface area contributed by atoms with E-state index in [0.717, 1.165) is 16.3 Å². The summed E-state index contributed by atoms with van der Waals surface area (Å²) in [5.74, 6) is 0. The van der Waals surface area contributed by atoms with Crippen LogP contribution in [-0.2, 0) is 0 Å². The number of pyridine rings is 2. The van der Waals surface area contributed by atoms with E-state index in [1.54, 1.807) is 24.4 Å². The van der Waals surface area contributed by atoms with Crippen LogP contribution in [0.2, 0.25) is 0 Å². The van der Waals surface area contributed by atoms with E-state index in [2.05, 4.69) is 9.97 Å². The van der Waals surface area contributed by atoms with Crippen LogP contribution >= 0.6 is 0 Å². The van der Waals surface area contributed by atoms with E-state index in [4.69, 9.17) is 9.90 Å². The summed E-state index contributed by atoms with van der Waals surface area (Å²) in [5, 5.41) is 1.59. The number of fused-ring (bicyclic) bond motifs is 3. The number of aromatic nitrogens is 2. The maximum atomic E-state index is 7.75. The molecule has 0 spiro atoms. The zero-order valence-corrected chi connectivity index (χ0v) is 10.4. The molecule has 0 aliphatic carbocycles. The minimum atomic E-state index is -2.28. The minimum Gasteiger partial charge on any atom is -0.437 e. The largest absolute Gasteiger partial charge is 0.437 e. The van der Waals surface area contributed by atoms with Crippen molar-refractivity contribution in [1.29, 1.82) is 0 Å². The highest BCUT2D eigenvalue weighted by molar-refractivity contribution is 6.08. The molecule has 0 bridgehead atoms. The van der Waals surface area contributed by atoms with Crippen molar-refractivity contribution in [2.75, 3.05) is 0 Å². The lowest BCUT2D eigenvalue weighted by atomic mass is 10.1. The first-order valence-corrected chi connectivity index (χ1v) is 6.19. The van der Waals surface area contributed by atoms with Crippen molar-refractivity contribution in [2.45, 2.75) is 6.85 Å². The number of hydrogen-bond donors (Lipinski definition) is 0. The van der Waals surface area contributed by atoms with Crippen molar-refractivity contribution >= 4 is 22.1 Å². The summed E-state index contributed by atoms with van der Waals surface area (Å²) in [6.07, 6.45) is 1.57. The van der Waals surface area contributed by atoms with Crippen molar-refractivity contribution in [3.05, 3.63) is 60.4 Å². The molecule has 20 heavy (non-hydrogen) atoms. The maximum absolute atomic E-state index is 7.75. The number of aryl methyl sites for hydroxylation is 1. The van der Waals surface area contributed by atoms with Crippen LogP contribution in [0, 0.1) is 6.85 Å². The summed E-state index contributed by atoms with van der Waals surface area (Å²) in [7, 11) is 0. The Morgan fingerprint density at radius 3 is 3.00 bits per heavy atom. The Morgan fingerprint density at radius 2 is 2.10 bits per heavy atom. The highest BCUT2D eigenvalue weighted by Gasteiger charge is 2.13. The molecule has 0 aliphatic heterocycles. The predicted octanol–water partition coefficient (Wildman–Crippen LogP) is 4.35. The summed E-state index contributed by atoms with van der Waals surface area (Å²) in [5.41, 5.74) is 2.24. The smallest absolute Gasteiger partial charge is 0.227 e. The van der Waals surface area contributed by atoms with Gasteiger partial charge in [-0.1, -0.05) is 18.2 Å². The first-order chi connectivity index (χ1) is 11.4. The van der Waals surface area contributed by atoms with Gasteiger partial charge in [0.25, 0.3) is 0 Å². The van der Waals surface area contributed by atoms with Gasteiger partial charge in [0.2, 0.25) is 5.71 Å². The van der Waals surface area contributed by atoms with E-state index >= 15 is 0 Å². The van der Waals surface area contributed by atoms with Crippen molar-refractivity contribution in [1.82, 2.24) is 9.97 Å². The Morgan fingerprint density at radius 1 is 1.10 bits per heavy atom. The van der Waals surface area contributed by atoms with Gasteiger partial charge in [0, 0.05) is 32.3 Å². The number of furan rings is 1. The normalized spacial score (nSPS) is 14.8. The lowest BCUT2D eigenvalue weighted by Crippen LogP contribution is -1.81.